The molecule has 0 saturated carbocycles. The van der Waals surface area contributed by atoms with Crippen LogP contribution in [0.4, 0.5) is 4.79 Å². The molecule has 2 amide bonds. The summed E-state index contributed by atoms with van der Waals surface area (Å²) in [6.07, 6.45) is 5.63. The van der Waals surface area contributed by atoms with Gasteiger partial charge in [-0.15, -0.1) is 0 Å². The standard InChI is InChI=1S/C11H26N2O3Si/c1-15-17(3,16-2)10-8-6-4-5-7-9-13-11(12)14/h4-10H2,1-3H3,(H3,12,13,14). The highest BCUT2D eigenvalue weighted by Gasteiger charge is 2.27. The number of amides is 2. The van der Waals surface area contributed by atoms with Crippen molar-refractivity contribution in [1.82, 2.24) is 5.32 Å². The average Bonchev–Trinajstić information content (AvgIpc) is 2.32. The summed E-state index contributed by atoms with van der Waals surface area (Å²) in [5.41, 5.74) is 4.96. The molecular weight excluding hydrogens is 236 g/mol. The molecule has 6 heteroatoms. The molecule has 0 rings (SSSR count). The first-order valence-electron chi connectivity index (χ1n) is 6.17. The third-order valence-electron chi connectivity index (χ3n) is 2.97. The van der Waals surface area contributed by atoms with Crippen molar-refractivity contribution < 1.29 is 13.6 Å². The van der Waals surface area contributed by atoms with E-state index in [-0.39, 0.29) is 0 Å². The number of nitrogens with one attached hydrogen (secondary N) is 1. The smallest absolute Gasteiger partial charge is 0.334 e. The minimum Gasteiger partial charge on any atom is -0.398 e. The summed E-state index contributed by atoms with van der Waals surface area (Å²) in [6.45, 7) is 2.77. The van der Waals surface area contributed by atoms with Crippen LogP contribution in [0.25, 0.3) is 0 Å². The minimum atomic E-state index is -1.86. The maximum absolute atomic E-state index is 10.4. The number of carbonyl (C=O) groups excluding carboxylic acids is 1. The molecule has 0 aromatic rings. The van der Waals surface area contributed by atoms with E-state index >= 15 is 0 Å². The first-order valence-corrected chi connectivity index (χ1v) is 8.70. The predicted molar refractivity (Wildman–Crippen MR) is 71.1 cm³/mol. The van der Waals surface area contributed by atoms with E-state index in [2.05, 4.69) is 11.9 Å². The van der Waals surface area contributed by atoms with Crippen LogP contribution < -0.4 is 11.1 Å². The molecule has 0 aromatic heterocycles. The van der Waals surface area contributed by atoms with Gasteiger partial charge in [0.05, 0.1) is 0 Å². The summed E-state index contributed by atoms with van der Waals surface area (Å²) in [5, 5.41) is 2.58. The zero-order valence-electron chi connectivity index (χ0n) is 11.3. The molecule has 17 heavy (non-hydrogen) atoms. The third-order valence-corrected chi connectivity index (χ3v) is 5.96. The van der Waals surface area contributed by atoms with Crippen molar-refractivity contribution in [2.75, 3.05) is 20.8 Å². The first kappa shape index (κ1) is 16.4. The third kappa shape index (κ3) is 9.14. The molecule has 0 atom stereocenters. The van der Waals surface area contributed by atoms with Crippen LogP contribution in [0.3, 0.4) is 0 Å². The Bertz CT molecular complexity index is 211. The summed E-state index contributed by atoms with van der Waals surface area (Å²) in [7, 11) is 1.59. The summed E-state index contributed by atoms with van der Waals surface area (Å²) in [5.74, 6) is 0. The molecule has 3 N–H and O–H groups in total. The molecule has 0 aliphatic rings. The van der Waals surface area contributed by atoms with Gasteiger partial charge in [0.2, 0.25) is 0 Å². The lowest BCUT2D eigenvalue weighted by molar-refractivity contribution is 0.247. The Morgan fingerprint density at radius 2 is 1.65 bits per heavy atom. The van der Waals surface area contributed by atoms with Crippen LogP contribution in [-0.2, 0) is 8.85 Å². The molecular formula is C11H26N2O3Si. The molecule has 0 fully saturated rings. The quantitative estimate of drug-likeness (QED) is 0.467. The maximum Gasteiger partial charge on any atom is 0.334 e. The summed E-state index contributed by atoms with van der Waals surface area (Å²) in [6, 6.07) is 0.603. The molecule has 0 radical (unpaired) electrons. The second kappa shape index (κ2) is 9.44. The Kier molecular flexibility index (Phi) is 9.11. The van der Waals surface area contributed by atoms with Gasteiger partial charge in [-0.25, -0.2) is 4.79 Å². The number of nitrogens with two attached hydrogens (primary N) is 1. The van der Waals surface area contributed by atoms with Gasteiger partial charge in [-0.05, 0) is 19.0 Å². The lowest BCUT2D eigenvalue weighted by atomic mass is 10.1. The highest BCUT2D eigenvalue weighted by molar-refractivity contribution is 6.65. The number of rotatable bonds is 10. The second-order valence-corrected chi connectivity index (χ2v) is 7.93. The van der Waals surface area contributed by atoms with Crippen LogP contribution in [0.2, 0.25) is 12.6 Å². The van der Waals surface area contributed by atoms with E-state index in [1.165, 1.54) is 12.8 Å². The van der Waals surface area contributed by atoms with Crippen molar-refractivity contribution in [2.24, 2.45) is 5.73 Å². The van der Waals surface area contributed by atoms with Crippen LogP contribution in [-0.4, -0.2) is 35.4 Å². The van der Waals surface area contributed by atoms with E-state index in [0.29, 0.717) is 6.54 Å². The fraction of sp³-hybridized carbons (Fsp3) is 0.909. The van der Waals surface area contributed by atoms with Crippen molar-refractivity contribution in [1.29, 1.82) is 0 Å². The van der Waals surface area contributed by atoms with Gasteiger partial charge in [0.1, 0.15) is 0 Å². The number of hydrogen-bond acceptors (Lipinski definition) is 3. The van der Waals surface area contributed by atoms with E-state index in [1.807, 2.05) is 0 Å². The zero-order valence-corrected chi connectivity index (χ0v) is 12.3. The van der Waals surface area contributed by atoms with Gasteiger partial charge in [0, 0.05) is 20.8 Å². The molecule has 0 heterocycles. The molecule has 0 unspecified atom stereocenters. The molecule has 0 aliphatic carbocycles. The monoisotopic (exact) mass is 262 g/mol. The normalized spacial score (nSPS) is 11.5. The highest BCUT2D eigenvalue weighted by atomic mass is 28.4. The Balaban J connectivity index is 3.32. The van der Waals surface area contributed by atoms with Crippen LogP contribution >= 0.6 is 0 Å². The van der Waals surface area contributed by atoms with E-state index < -0.39 is 14.6 Å². The summed E-state index contributed by atoms with van der Waals surface area (Å²) in [4.78, 5) is 10.4. The van der Waals surface area contributed by atoms with Gasteiger partial charge in [-0.2, -0.15) is 0 Å². The molecule has 0 saturated heterocycles. The van der Waals surface area contributed by atoms with Crippen LogP contribution in [0.1, 0.15) is 32.1 Å². The first-order chi connectivity index (χ1) is 8.04. The van der Waals surface area contributed by atoms with Crippen molar-refractivity contribution in [2.45, 2.75) is 44.7 Å². The number of hydrogen-bond donors (Lipinski definition) is 2. The van der Waals surface area contributed by atoms with E-state index in [4.69, 9.17) is 14.6 Å². The molecule has 5 nitrogen and oxygen atoms in total. The lowest BCUT2D eigenvalue weighted by Crippen LogP contribution is -2.35. The summed E-state index contributed by atoms with van der Waals surface area (Å²) >= 11 is 0. The molecule has 0 aliphatic heterocycles. The number of unbranched alkanes of at least 4 members (excludes halogenated alkanes) is 4. The Morgan fingerprint density at radius 1 is 1.12 bits per heavy atom. The fourth-order valence-electron chi connectivity index (χ4n) is 1.60. The Hall–Kier alpha value is -0.593. The molecule has 0 spiro atoms. The SMILES string of the molecule is CO[Si](C)(CCCCCCCNC(N)=O)OC. The molecule has 0 aromatic carbocycles. The molecule has 0 bridgehead atoms. The average molecular weight is 262 g/mol. The second-order valence-electron chi connectivity index (χ2n) is 4.35. The van der Waals surface area contributed by atoms with Gasteiger partial charge in [-0.3, -0.25) is 0 Å². The predicted octanol–water partition coefficient (Wildman–Crippen LogP) is 1.97. The maximum atomic E-state index is 10.4. The van der Waals surface area contributed by atoms with E-state index in [9.17, 15) is 4.79 Å². The van der Waals surface area contributed by atoms with E-state index in [1.54, 1.807) is 14.2 Å². The van der Waals surface area contributed by atoms with Crippen LogP contribution in [0.15, 0.2) is 0 Å². The topological polar surface area (TPSA) is 73.6 Å². The lowest BCUT2D eigenvalue weighted by Gasteiger charge is -2.22. The Labute approximate surface area is 105 Å². The minimum absolute atomic E-state index is 0.438. The van der Waals surface area contributed by atoms with Crippen molar-refractivity contribution in [3.8, 4) is 0 Å². The van der Waals surface area contributed by atoms with Crippen molar-refractivity contribution in [3.63, 3.8) is 0 Å². The van der Waals surface area contributed by atoms with Crippen LogP contribution in [0.5, 0.6) is 0 Å². The van der Waals surface area contributed by atoms with Crippen LogP contribution in [0, 0.1) is 0 Å². The molecule has 102 valence electrons. The van der Waals surface area contributed by atoms with Gasteiger partial charge in [0.25, 0.3) is 0 Å². The summed E-state index contributed by atoms with van der Waals surface area (Å²) < 4.78 is 10.8. The van der Waals surface area contributed by atoms with Crippen molar-refractivity contribution >= 4 is 14.6 Å². The zero-order chi connectivity index (χ0) is 13.1. The fourth-order valence-corrected chi connectivity index (χ4v) is 3.07. The van der Waals surface area contributed by atoms with Gasteiger partial charge in [0.15, 0.2) is 0 Å². The number of carbonyl (C=O) groups is 1. The Morgan fingerprint density at radius 3 is 2.18 bits per heavy atom. The number of primary amides is 1. The van der Waals surface area contributed by atoms with E-state index in [0.717, 1.165) is 25.3 Å². The van der Waals surface area contributed by atoms with Gasteiger partial charge < -0.3 is 19.9 Å². The van der Waals surface area contributed by atoms with Gasteiger partial charge in [-0.1, -0.05) is 25.7 Å². The largest absolute Gasteiger partial charge is 0.398 e. The van der Waals surface area contributed by atoms with Gasteiger partial charge >= 0.3 is 14.6 Å². The number of urea groups is 1. The van der Waals surface area contributed by atoms with Crippen molar-refractivity contribution in [3.05, 3.63) is 0 Å². The highest BCUT2D eigenvalue weighted by Crippen LogP contribution is 2.16.